The Morgan fingerprint density at radius 2 is 2.32 bits per heavy atom. The van der Waals surface area contributed by atoms with Crippen molar-refractivity contribution in [2.45, 2.75) is 25.8 Å². The SMILES string of the molecule is CC1(C(=O)O)COCC1NC(=O)CN1CCCC1=O. The van der Waals surface area contributed by atoms with Gasteiger partial charge in [0.1, 0.15) is 5.41 Å². The molecule has 7 heteroatoms. The normalized spacial score (nSPS) is 30.7. The maximum Gasteiger partial charge on any atom is 0.313 e. The average molecular weight is 270 g/mol. The van der Waals surface area contributed by atoms with E-state index in [1.54, 1.807) is 6.92 Å². The molecule has 0 saturated carbocycles. The van der Waals surface area contributed by atoms with E-state index in [2.05, 4.69) is 5.32 Å². The lowest BCUT2D eigenvalue weighted by Gasteiger charge is -2.26. The van der Waals surface area contributed by atoms with Crippen LogP contribution >= 0.6 is 0 Å². The van der Waals surface area contributed by atoms with Gasteiger partial charge in [-0.3, -0.25) is 14.4 Å². The van der Waals surface area contributed by atoms with Gasteiger partial charge in [-0.1, -0.05) is 0 Å². The molecule has 0 spiro atoms. The molecule has 2 aliphatic rings. The average Bonchev–Trinajstić information content (AvgIpc) is 2.88. The zero-order chi connectivity index (χ0) is 14.0. The summed E-state index contributed by atoms with van der Waals surface area (Å²) in [4.78, 5) is 36.0. The number of rotatable bonds is 4. The molecular weight excluding hydrogens is 252 g/mol. The number of amides is 2. The van der Waals surface area contributed by atoms with Crippen LogP contribution in [0.2, 0.25) is 0 Å². The summed E-state index contributed by atoms with van der Waals surface area (Å²) in [6, 6.07) is -0.560. The summed E-state index contributed by atoms with van der Waals surface area (Å²) in [5.74, 6) is -1.36. The van der Waals surface area contributed by atoms with Crippen LogP contribution in [0.25, 0.3) is 0 Å². The van der Waals surface area contributed by atoms with Gasteiger partial charge in [-0.15, -0.1) is 0 Å². The summed E-state index contributed by atoms with van der Waals surface area (Å²) in [5, 5.41) is 11.8. The first-order chi connectivity index (χ1) is 8.93. The highest BCUT2D eigenvalue weighted by Crippen LogP contribution is 2.28. The minimum Gasteiger partial charge on any atom is -0.481 e. The van der Waals surface area contributed by atoms with Crippen LogP contribution in [0.4, 0.5) is 0 Å². The van der Waals surface area contributed by atoms with Crippen molar-refractivity contribution in [1.29, 1.82) is 0 Å². The summed E-state index contributed by atoms with van der Waals surface area (Å²) in [7, 11) is 0. The van der Waals surface area contributed by atoms with Crippen molar-refractivity contribution < 1.29 is 24.2 Å². The summed E-state index contributed by atoms with van der Waals surface area (Å²) < 4.78 is 5.15. The number of hydrogen-bond donors (Lipinski definition) is 2. The highest BCUT2D eigenvalue weighted by molar-refractivity contribution is 5.86. The quantitative estimate of drug-likeness (QED) is 0.698. The Balaban J connectivity index is 1.91. The van der Waals surface area contributed by atoms with E-state index in [-0.39, 0.29) is 31.6 Å². The Bertz CT molecular complexity index is 411. The van der Waals surface area contributed by atoms with Crippen molar-refractivity contribution >= 4 is 17.8 Å². The number of nitrogens with zero attached hydrogens (tertiary/aromatic N) is 1. The fraction of sp³-hybridized carbons (Fsp3) is 0.750. The first-order valence-corrected chi connectivity index (χ1v) is 6.32. The van der Waals surface area contributed by atoms with E-state index in [4.69, 9.17) is 4.74 Å². The molecule has 2 N–H and O–H groups in total. The van der Waals surface area contributed by atoms with Gasteiger partial charge < -0.3 is 20.1 Å². The molecule has 0 aliphatic carbocycles. The molecule has 2 saturated heterocycles. The van der Waals surface area contributed by atoms with Crippen LogP contribution in [0.15, 0.2) is 0 Å². The van der Waals surface area contributed by atoms with Crippen LogP contribution in [0.3, 0.4) is 0 Å². The second kappa shape index (κ2) is 5.16. The topological polar surface area (TPSA) is 95.9 Å². The van der Waals surface area contributed by atoms with Gasteiger partial charge in [0.15, 0.2) is 0 Å². The third kappa shape index (κ3) is 2.70. The predicted molar refractivity (Wildman–Crippen MR) is 64.3 cm³/mol. The van der Waals surface area contributed by atoms with Crippen molar-refractivity contribution in [3.05, 3.63) is 0 Å². The summed E-state index contributed by atoms with van der Waals surface area (Å²) in [6.07, 6.45) is 1.25. The number of carboxylic acid groups (broad SMARTS) is 1. The van der Waals surface area contributed by atoms with E-state index in [9.17, 15) is 19.5 Å². The predicted octanol–water partition coefficient (Wildman–Crippen LogP) is -0.785. The van der Waals surface area contributed by atoms with Crippen LogP contribution in [-0.2, 0) is 19.1 Å². The molecule has 0 bridgehead atoms. The van der Waals surface area contributed by atoms with E-state index in [0.29, 0.717) is 13.0 Å². The molecule has 2 amide bonds. The highest BCUT2D eigenvalue weighted by Gasteiger charge is 2.47. The summed E-state index contributed by atoms with van der Waals surface area (Å²) in [6.45, 7) is 2.39. The Labute approximate surface area is 110 Å². The first-order valence-electron chi connectivity index (χ1n) is 6.32. The lowest BCUT2D eigenvalue weighted by molar-refractivity contribution is -0.149. The molecular formula is C12H18N2O5. The number of ether oxygens (including phenoxy) is 1. The van der Waals surface area contributed by atoms with Gasteiger partial charge in [0.05, 0.1) is 25.8 Å². The van der Waals surface area contributed by atoms with E-state index in [1.807, 2.05) is 0 Å². The summed E-state index contributed by atoms with van der Waals surface area (Å²) in [5.41, 5.74) is -1.11. The molecule has 2 rings (SSSR count). The molecule has 0 radical (unpaired) electrons. The molecule has 2 fully saturated rings. The number of carbonyl (C=O) groups excluding carboxylic acids is 2. The number of carboxylic acids is 1. The Morgan fingerprint density at radius 1 is 1.58 bits per heavy atom. The van der Waals surface area contributed by atoms with Crippen molar-refractivity contribution in [2.75, 3.05) is 26.3 Å². The Hall–Kier alpha value is -1.63. The molecule has 2 unspecified atom stereocenters. The molecule has 7 nitrogen and oxygen atoms in total. The van der Waals surface area contributed by atoms with Crippen molar-refractivity contribution in [2.24, 2.45) is 5.41 Å². The second-order valence-electron chi connectivity index (χ2n) is 5.28. The Kier molecular flexibility index (Phi) is 3.75. The summed E-state index contributed by atoms with van der Waals surface area (Å²) >= 11 is 0. The number of aliphatic carboxylic acids is 1. The largest absolute Gasteiger partial charge is 0.481 e. The number of carbonyl (C=O) groups is 3. The molecule has 0 aromatic carbocycles. The lowest BCUT2D eigenvalue weighted by atomic mass is 9.85. The fourth-order valence-electron chi connectivity index (χ4n) is 2.37. The maximum absolute atomic E-state index is 11.9. The van der Waals surface area contributed by atoms with Crippen LogP contribution in [0.1, 0.15) is 19.8 Å². The zero-order valence-corrected chi connectivity index (χ0v) is 10.8. The standard InChI is InChI=1S/C12H18N2O5/c1-12(11(17)18)7-19-6-8(12)13-9(15)5-14-4-2-3-10(14)16/h8H,2-7H2,1H3,(H,13,15)(H,17,18). The van der Waals surface area contributed by atoms with E-state index < -0.39 is 17.4 Å². The van der Waals surface area contributed by atoms with Crippen molar-refractivity contribution in [3.8, 4) is 0 Å². The molecule has 2 atom stereocenters. The third-order valence-electron chi connectivity index (χ3n) is 3.79. The fourth-order valence-corrected chi connectivity index (χ4v) is 2.37. The van der Waals surface area contributed by atoms with Gasteiger partial charge in [0.2, 0.25) is 11.8 Å². The van der Waals surface area contributed by atoms with E-state index in [1.165, 1.54) is 4.90 Å². The molecule has 19 heavy (non-hydrogen) atoms. The monoisotopic (exact) mass is 270 g/mol. The molecule has 2 aliphatic heterocycles. The highest BCUT2D eigenvalue weighted by atomic mass is 16.5. The van der Waals surface area contributed by atoms with Gasteiger partial charge in [0.25, 0.3) is 0 Å². The third-order valence-corrected chi connectivity index (χ3v) is 3.79. The number of likely N-dealkylation sites (tertiary alicyclic amines) is 1. The second-order valence-corrected chi connectivity index (χ2v) is 5.28. The number of nitrogens with one attached hydrogen (secondary N) is 1. The van der Waals surface area contributed by atoms with E-state index in [0.717, 1.165) is 6.42 Å². The van der Waals surface area contributed by atoms with Crippen molar-refractivity contribution in [1.82, 2.24) is 10.2 Å². The first kappa shape index (κ1) is 13.8. The van der Waals surface area contributed by atoms with Gasteiger partial charge in [0, 0.05) is 13.0 Å². The van der Waals surface area contributed by atoms with Crippen molar-refractivity contribution in [3.63, 3.8) is 0 Å². The van der Waals surface area contributed by atoms with E-state index >= 15 is 0 Å². The minimum absolute atomic E-state index is 0.00890. The Morgan fingerprint density at radius 3 is 2.89 bits per heavy atom. The molecule has 0 aromatic heterocycles. The zero-order valence-electron chi connectivity index (χ0n) is 10.8. The van der Waals surface area contributed by atoms with Crippen LogP contribution in [0, 0.1) is 5.41 Å². The number of hydrogen-bond acceptors (Lipinski definition) is 4. The lowest BCUT2D eigenvalue weighted by Crippen LogP contribution is -2.52. The molecule has 2 heterocycles. The van der Waals surface area contributed by atoms with Crippen LogP contribution in [-0.4, -0.2) is 60.1 Å². The van der Waals surface area contributed by atoms with Crippen LogP contribution in [0.5, 0.6) is 0 Å². The molecule has 106 valence electrons. The van der Waals surface area contributed by atoms with Gasteiger partial charge in [-0.05, 0) is 13.3 Å². The maximum atomic E-state index is 11.9. The van der Waals surface area contributed by atoms with Gasteiger partial charge >= 0.3 is 5.97 Å². The smallest absolute Gasteiger partial charge is 0.313 e. The van der Waals surface area contributed by atoms with Gasteiger partial charge in [-0.2, -0.15) is 0 Å². The minimum atomic E-state index is -1.11. The van der Waals surface area contributed by atoms with Gasteiger partial charge in [-0.25, -0.2) is 0 Å². The van der Waals surface area contributed by atoms with Crippen LogP contribution < -0.4 is 5.32 Å². The molecule has 0 aromatic rings.